The van der Waals surface area contributed by atoms with Crippen molar-refractivity contribution in [3.8, 4) is 17.3 Å². The number of ether oxygens (including phenoxy) is 1. The molecule has 2 aliphatic rings. The van der Waals surface area contributed by atoms with Gasteiger partial charge < -0.3 is 19.4 Å². The van der Waals surface area contributed by atoms with Gasteiger partial charge >= 0.3 is 6.09 Å². The van der Waals surface area contributed by atoms with Crippen molar-refractivity contribution in [2.75, 3.05) is 36.5 Å². The molecule has 5 rings (SSSR count). The van der Waals surface area contributed by atoms with Gasteiger partial charge in [-0.25, -0.2) is 23.5 Å². The number of piperidine rings is 1. The maximum atomic E-state index is 13.7. The molecule has 1 N–H and O–H groups in total. The van der Waals surface area contributed by atoms with E-state index in [-0.39, 0.29) is 49.2 Å². The van der Waals surface area contributed by atoms with Crippen LogP contribution in [0.4, 0.5) is 31.0 Å². The Morgan fingerprint density at radius 3 is 2.37 bits per heavy atom. The smallest absolute Gasteiger partial charge is 0.414 e. The van der Waals surface area contributed by atoms with Gasteiger partial charge in [-0.1, -0.05) is 27.7 Å². The second kappa shape index (κ2) is 13.3. The summed E-state index contributed by atoms with van der Waals surface area (Å²) in [5.41, 5.74) is 1.44. The summed E-state index contributed by atoms with van der Waals surface area (Å²) in [6.45, 7) is 18.8. The molecule has 1 atom stereocenters. The summed E-state index contributed by atoms with van der Waals surface area (Å²) < 4.78 is 41.3. The predicted molar refractivity (Wildman–Crippen MR) is 193 cm³/mol. The van der Waals surface area contributed by atoms with E-state index in [1.165, 1.54) is 15.6 Å². The highest BCUT2D eigenvalue weighted by molar-refractivity contribution is 6.74. The number of aromatic nitrogens is 4. The molecule has 274 valence electrons. The summed E-state index contributed by atoms with van der Waals surface area (Å²) in [4.78, 5) is 38.6. The van der Waals surface area contributed by atoms with Crippen molar-refractivity contribution in [2.24, 2.45) is 7.05 Å². The molecular weight excluding hydrogens is 675 g/mol. The molecule has 3 aromatic rings. The van der Waals surface area contributed by atoms with Gasteiger partial charge in [0.05, 0.1) is 16.9 Å². The molecule has 1 unspecified atom stereocenters. The third kappa shape index (κ3) is 8.07. The highest BCUT2D eigenvalue weighted by Crippen LogP contribution is 2.47. The minimum atomic E-state index is -2.77. The highest BCUT2D eigenvalue weighted by atomic mass is 28.4. The van der Waals surface area contributed by atoms with E-state index < -0.39 is 37.3 Å². The maximum absolute atomic E-state index is 13.7. The SMILES string of the molecule is Cn1nc(C(=O)N2CCC(F)(F)CC2)cc1Nc1nccc(-c2cc(C#N)c3c(c2)C(C)(CO[Si](C)(C)C(C)(C)C)CN3C(=O)OC(C)(C)C)n1. The van der Waals surface area contributed by atoms with Crippen LogP contribution in [0.25, 0.3) is 11.3 Å². The van der Waals surface area contributed by atoms with Gasteiger partial charge in [0.15, 0.2) is 14.0 Å². The summed E-state index contributed by atoms with van der Waals surface area (Å²) >= 11 is 0. The number of rotatable bonds is 7. The molecule has 2 aliphatic heterocycles. The number of nitrogens with zero attached hydrogens (tertiary/aromatic N) is 7. The summed E-state index contributed by atoms with van der Waals surface area (Å²) in [5.74, 6) is -2.55. The number of amides is 2. The van der Waals surface area contributed by atoms with Crippen LogP contribution in [0.5, 0.6) is 0 Å². The van der Waals surface area contributed by atoms with Crippen molar-refractivity contribution in [1.29, 1.82) is 5.26 Å². The van der Waals surface area contributed by atoms with Crippen LogP contribution in [0.2, 0.25) is 18.1 Å². The second-order valence-electron chi connectivity index (χ2n) is 16.3. The van der Waals surface area contributed by atoms with Crippen LogP contribution in [0.3, 0.4) is 0 Å². The Kier molecular flexibility index (Phi) is 9.85. The molecule has 1 fully saturated rings. The molecule has 0 spiro atoms. The first-order chi connectivity index (χ1) is 23.5. The van der Waals surface area contributed by atoms with E-state index in [1.54, 1.807) is 51.0 Å². The fourth-order valence-corrected chi connectivity index (χ4v) is 6.98. The monoisotopic (exact) mass is 722 g/mol. The third-order valence-corrected chi connectivity index (χ3v) is 14.4. The fraction of sp³-hybridized carbons (Fsp3) is 0.556. The molecule has 0 saturated carbocycles. The van der Waals surface area contributed by atoms with Crippen molar-refractivity contribution in [2.45, 2.75) is 96.4 Å². The summed E-state index contributed by atoms with van der Waals surface area (Å²) in [5, 5.41) is 17.8. The average Bonchev–Trinajstić information content (AvgIpc) is 3.55. The predicted octanol–water partition coefficient (Wildman–Crippen LogP) is 7.40. The van der Waals surface area contributed by atoms with E-state index in [0.717, 1.165) is 5.56 Å². The Balaban J connectivity index is 1.47. The van der Waals surface area contributed by atoms with Crippen LogP contribution in [0, 0.1) is 11.3 Å². The number of carbonyl (C=O) groups excluding carboxylic acids is 2. The van der Waals surface area contributed by atoms with Gasteiger partial charge in [-0.15, -0.1) is 0 Å². The van der Waals surface area contributed by atoms with E-state index in [0.29, 0.717) is 34.9 Å². The third-order valence-electron chi connectivity index (χ3n) is 9.90. The first kappa shape index (κ1) is 37.8. The van der Waals surface area contributed by atoms with Crippen LogP contribution in [0.1, 0.15) is 82.9 Å². The van der Waals surface area contributed by atoms with E-state index in [9.17, 15) is 23.6 Å². The standard InChI is InChI=1S/C36H48F2N8O4Si/c1-33(2,3)50-32(48)46-21-35(7,22-49-51(9,10)34(4,5)6)25-18-23(17-24(20-39)29(25)46)26-11-14-40-31(41-26)42-28-19-27(43-44(28)8)30(47)45-15-12-36(37,38)13-16-45/h11,14,17-19H,12-13,15-16,21-22H2,1-10H3,(H,40,41,42). The first-order valence-electron chi connectivity index (χ1n) is 17.1. The van der Waals surface area contributed by atoms with Gasteiger partial charge in [0.2, 0.25) is 5.95 Å². The number of hydrogen-bond donors (Lipinski definition) is 1. The van der Waals surface area contributed by atoms with Crippen molar-refractivity contribution in [3.63, 3.8) is 0 Å². The molecule has 2 amide bonds. The van der Waals surface area contributed by atoms with E-state index >= 15 is 0 Å². The van der Waals surface area contributed by atoms with Crippen LogP contribution in [0.15, 0.2) is 30.5 Å². The molecule has 4 heterocycles. The van der Waals surface area contributed by atoms with Gasteiger partial charge in [0.1, 0.15) is 17.5 Å². The zero-order valence-corrected chi connectivity index (χ0v) is 32.1. The van der Waals surface area contributed by atoms with Crippen LogP contribution in [-0.4, -0.2) is 82.7 Å². The molecular formula is C36H48F2N8O4Si. The quantitative estimate of drug-likeness (QED) is 0.247. The molecule has 15 heteroatoms. The lowest BCUT2D eigenvalue weighted by atomic mass is 9.83. The van der Waals surface area contributed by atoms with Crippen molar-refractivity contribution < 1.29 is 27.5 Å². The molecule has 0 bridgehead atoms. The minimum absolute atomic E-state index is 0.0348. The largest absolute Gasteiger partial charge is 0.443 e. The molecule has 12 nitrogen and oxygen atoms in total. The first-order valence-corrected chi connectivity index (χ1v) is 20.0. The van der Waals surface area contributed by atoms with Crippen molar-refractivity contribution in [1.82, 2.24) is 24.6 Å². The number of fused-ring (bicyclic) bond motifs is 1. The topological polar surface area (TPSA) is 138 Å². The van der Waals surface area contributed by atoms with Crippen molar-refractivity contribution in [3.05, 3.63) is 47.3 Å². The number of halogens is 2. The van der Waals surface area contributed by atoms with Crippen LogP contribution in [-0.2, 0) is 21.6 Å². The number of likely N-dealkylation sites (tertiary alicyclic amines) is 1. The Morgan fingerprint density at radius 2 is 1.76 bits per heavy atom. The normalized spacial score (nSPS) is 19.0. The molecule has 0 aliphatic carbocycles. The lowest BCUT2D eigenvalue weighted by molar-refractivity contribution is -0.0495. The zero-order valence-electron chi connectivity index (χ0n) is 31.1. The van der Waals surface area contributed by atoms with Crippen LogP contribution >= 0.6 is 0 Å². The molecule has 1 aromatic carbocycles. The van der Waals surface area contributed by atoms with Gasteiger partial charge in [-0.2, -0.15) is 10.4 Å². The van der Waals surface area contributed by atoms with Crippen molar-refractivity contribution >= 4 is 37.8 Å². The second-order valence-corrected chi connectivity index (χ2v) is 21.1. The van der Waals surface area contributed by atoms with E-state index in [2.05, 4.69) is 55.3 Å². The number of alkyl halides is 2. The summed E-state index contributed by atoms with van der Waals surface area (Å²) in [7, 11) is -0.539. The highest BCUT2D eigenvalue weighted by Gasteiger charge is 2.47. The van der Waals surface area contributed by atoms with Crippen LogP contribution < -0.4 is 10.2 Å². The number of carbonyl (C=O) groups is 2. The summed E-state index contributed by atoms with van der Waals surface area (Å²) in [6.07, 6.45) is 0.280. The number of hydrogen-bond acceptors (Lipinski definition) is 9. The van der Waals surface area contributed by atoms with E-state index in [4.69, 9.17) is 14.1 Å². The lowest BCUT2D eigenvalue weighted by Gasteiger charge is -2.39. The number of anilines is 3. The molecule has 51 heavy (non-hydrogen) atoms. The number of nitrogens with one attached hydrogen (secondary N) is 1. The minimum Gasteiger partial charge on any atom is -0.443 e. The molecule has 0 radical (unpaired) electrons. The molecule has 2 aromatic heterocycles. The Bertz CT molecular complexity index is 1870. The zero-order chi connectivity index (χ0) is 37.7. The Labute approximate surface area is 299 Å². The number of nitriles is 1. The van der Waals surface area contributed by atoms with Gasteiger partial charge in [-0.3, -0.25) is 14.4 Å². The Morgan fingerprint density at radius 1 is 1.10 bits per heavy atom. The number of benzene rings is 1. The fourth-order valence-electron chi connectivity index (χ4n) is 5.87. The Hall–Kier alpha value is -4.42. The van der Waals surface area contributed by atoms with Gasteiger partial charge in [0, 0.05) is 69.4 Å². The average molecular weight is 723 g/mol. The summed E-state index contributed by atoms with van der Waals surface area (Å²) in [6, 6.07) is 9.21. The number of aryl methyl sites for hydroxylation is 1. The van der Waals surface area contributed by atoms with Gasteiger partial charge in [-0.05, 0) is 62.7 Å². The molecule has 1 saturated heterocycles. The lowest BCUT2D eigenvalue weighted by Crippen LogP contribution is -2.46. The maximum Gasteiger partial charge on any atom is 0.414 e. The van der Waals surface area contributed by atoms with Gasteiger partial charge in [0.25, 0.3) is 11.8 Å². The van der Waals surface area contributed by atoms with E-state index in [1.807, 2.05) is 13.0 Å².